The van der Waals surface area contributed by atoms with E-state index in [4.69, 9.17) is 15.0 Å². The predicted octanol–water partition coefficient (Wildman–Crippen LogP) is -1.52. The van der Waals surface area contributed by atoms with Crippen LogP contribution in [0.3, 0.4) is 0 Å². The van der Waals surface area contributed by atoms with Crippen molar-refractivity contribution in [2.24, 2.45) is 0 Å². The summed E-state index contributed by atoms with van der Waals surface area (Å²) in [5.74, 6) is -0.117. The van der Waals surface area contributed by atoms with E-state index in [0.29, 0.717) is 0 Å². The van der Waals surface area contributed by atoms with Gasteiger partial charge in [0.25, 0.3) is 5.56 Å². The maximum absolute atomic E-state index is 11.8. The van der Waals surface area contributed by atoms with E-state index in [1.54, 1.807) is 0 Å². The van der Waals surface area contributed by atoms with Gasteiger partial charge in [-0.1, -0.05) is 0 Å². The first kappa shape index (κ1) is 14.8. The lowest BCUT2D eigenvalue weighted by Crippen LogP contribution is -2.39. The van der Waals surface area contributed by atoms with Gasteiger partial charge in [-0.3, -0.25) is 23.4 Å². The summed E-state index contributed by atoms with van der Waals surface area (Å²) in [5, 5.41) is 10.4. The van der Waals surface area contributed by atoms with Crippen LogP contribution in [0.2, 0.25) is 0 Å². The van der Waals surface area contributed by atoms with E-state index in [1.165, 1.54) is 10.9 Å². The van der Waals surface area contributed by atoms with Crippen LogP contribution in [0, 0.1) is 0 Å². The monoisotopic (exact) mass is 350 g/mol. The first-order valence-electron chi connectivity index (χ1n) is 6.57. The lowest BCUT2D eigenvalue weighted by Gasteiger charge is -2.27. The van der Waals surface area contributed by atoms with Crippen LogP contribution in [0.5, 0.6) is 0 Å². The summed E-state index contributed by atoms with van der Waals surface area (Å²) in [6.07, 6.45) is -2.85. The largest absolute Gasteiger partial charge is 0.472 e. The third-order valence-corrected chi connectivity index (χ3v) is 4.68. The minimum absolute atomic E-state index is 0.0230. The fourth-order valence-corrected chi connectivity index (χ4v) is 3.66. The van der Waals surface area contributed by atoms with Crippen molar-refractivity contribution >= 4 is 24.9 Å². The SMILES string of the molecule is Nc1nc2c(ncn2[13C@@H]2O[13C@@H]3[13CH2]OP(=O)(O)O[13C@H]3[13C@H]2O)c(=O)[nH]1. The molecule has 23 heavy (non-hydrogen) atoms. The molecule has 13 heteroatoms. The second kappa shape index (κ2) is 4.84. The Labute approximate surface area is 127 Å². The van der Waals surface area contributed by atoms with Crippen molar-refractivity contribution in [3.8, 4) is 0 Å². The number of aliphatic hydroxyl groups is 1. The number of fused-ring (bicyclic) bond motifs is 2. The first-order valence-corrected chi connectivity index (χ1v) is 8.07. The zero-order chi connectivity index (χ0) is 16.4. The van der Waals surface area contributed by atoms with Gasteiger partial charge in [0, 0.05) is 0 Å². The topological polar surface area (TPSA) is 175 Å². The first-order chi connectivity index (χ1) is 10.9. The molecule has 4 rings (SSSR count). The zero-order valence-electron chi connectivity index (χ0n) is 11.4. The number of phosphoric ester groups is 1. The van der Waals surface area contributed by atoms with Crippen LogP contribution in [0.25, 0.3) is 11.2 Å². The van der Waals surface area contributed by atoms with E-state index in [1.807, 2.05) is 0 Å². The highest BCUT2D eigenvalue weighted by Crippen LogP contribution is 2.52. The number of aliphatic hydroxyl groups excluding tert-OH is 1. The Morgan fingerprint density at radius 2 is 2.30 bits per heavy atom. The highest BCUT2D eigenvalue weighted by Gasteiger charge is 2.52. The van der Waals surface area contributed by atoms with Crippen LogP contribution in [0.15, 0.2) is 11.1 Å². The zero-order valence-corrected chi connectivity index (χ0v) is 12.3. The molecule has 4 heterocycles. The number of ether oxygens (including phenoxy) is 1. The van der Waals surface area contributed by atoms with Gasteiger partial charge in [0.05, 0.1) is 12.9 Å². The molecule has 124 valence electrons. The van der Waals surface area contributed by atoms with Gasteiger partial charge < -0.3 is 20.5 Å². The van der Waals surface area contributed by atoms with Crippen molar-refractivity contribution < 1.29 is 28.3 Å². The van der Waals surface area contributed by atoms with E-state index < -0.39 is 37.9 Å². The number of aromatic nitrogens is 4. The van der Waals surface area contributed by atoms with Gasteiger partial charge in [-0.05, 0) is 0 Å². The number of anilines is 1. The Kier molecular flexibility index (Phi) is 3.10. The number of nitrogens with one attached hydrogen (secondary N) is 1. The van der Waals surface area contributed by atoms with Crippen LogP contribution in [-0.4, -0.2) is 54.4 Å². The fourth-order valence-electron chi connectivity index (χ4n) is 2.69. The smallest absolute Gasteiger partial charge is 0.386 e. The average Bonchev–Trinajstić information content (AvgIpc) is 3.00. The standard InChI is InChI=1S/C10H12N5O7P/c11-10-13-7-4(8(17)14-10)12-2-15(7)9-5(16)6-3(21-9)1-20-23(18,19)22-6/h2-3,5-6,9,16H,1H2,(H,18,19)(H3,11,13,14,17)/t3-,5-,6-,9-/m1/s1/i1+1,3+1,5+1,6+1,9+1. The number of imidazole rings is 1. The van der Waals surface area contributed by atoms with Gasteiger partial charge in [-0.25, -0.2) is 9.55 Å². The molecule has 0 bridgehead atoms. The van der Waals surface area contributed by atoms with Gasteiger partial charge in [0.2, 0.25) is 5.95 Å². The molecule has 0 amide bonds. The molecule has 0 aliphatic carbocycles. The molecule has 2 aromatic rings. The quantitative estimate of drug-likeness (QED) is 0.349. The molecule has 0 spiro atoms. The molecule has 0 aromatic carbocycles. The number of hydrogen-bond acceptors (Lipinski definition) is 9. The number of nitrogens with two attached hydrogens (primary N) is 1. The van der Waals surface area contributed by atoms with Crippen LogP contribution in [0.4, 0.5) is 5.95 Å². The van der Waals surface area contributed by atoms with Gasteiger partial charge in [0.15, 0.2) is 17.4 Å². The molecule has 5 atom stereocenters. The van der Waals surface area contributed by atoms with E-state index in [-0.39, 0.29) is 23.7 Å². The summed E-state index contributed by atoms with van der Waals surface area (Å²) < 4.78 is 27.9. The van der Waals surface area contributed by atoms with Crippen molar-refractivity contribution in [1.82, 2.24) is 19.5 Å². The summed E-state index contributed by atoms with van der Waals surface area (Å²) in [6.45, 7) is -0.214. The van der Waals surface area contributed by atoms with E-state index >= 15 is 0 Å². The van der Waals surface area contributed by atoms with Crippen molar-refractivity contribution in [1.29, 1.82) is 0 Å². The second-order valence-corrected chi connectivity index (χ2v) is 6.57. The van der Waals surface area contributed by atoms with Crippen LogP contribution in [0.1, 0.15) is 6.23 Å². The number of nitrogens with zero attached hydrogens (tertiary/aromatic N) is 3. The molecule has 0 saturated carbocycles. The molecular formula is C10H12N5O7P. The highest BCUT2D eigenvalue weighted by molar-refractivity contribution is 7.47. The summed E-state index contributed by atoms with van der Waals surface area (Å²) in [6, 6.07) is 0. The number of rotatable bonds is 1. The third-order valence-electron chi connectivity index (χ3n) is 3.69. The van der Waals surface area contributed by atoms with Crippen LogP contribution in [-0.2, 0) is 18.3 Å². The highest BCUT2D eigenvalue weighted by atomic mass is 31.2. The molecular weight excluding hydrogens is 338 g/mol. The van der Waals surface area contributed by atoms with E-state index in [9.17, 15) is 19.4 Å². The molecule has 0 radical (unpaired) electrons. The molecule has 1 unspecified atom stereocenters. The fraction of sp³-hybridized carbons (Fsp3) is 0.500. The Bertz CT molecular complexity index is 880. The van der Waals surface area contributed by atoms with E-state index in [0.717, 1.165) is 0 Å². The number of phosphoric acid groups is 1. The molecule has 2 aliphatic rings. The summed E-state index contributed by atoms with van der Waals surface area (Å²) >= 11 is 0. The molecule has 2 fully saturated rings. The number of hydrogen-bond donors (Lipinski definition) is 4. The Balaban J connectivity index is 1.75. The summed E-state index contributed by atoms with van der Waals surface area (Å²) in [5.41, 5.74) is 5.12. The molecule has 2 aliphatic heterocycles. The normalized spacial score (nSPS) is 37.1. The molecule has 2 aromatic heterocycles. The van der Waals surface area contributed by atoms with Gasteiger partial charge >= 0.3 is 7.82 Å². The predicted molar refractivity (Wildman–Crippen MR) is 73.1 cm³/mol. The average molecular weight is 350 g/mol. The Morgan fingerprint density at radius 1 is 1.52 bits per heavy atom. The minimum atomic E-state index is -4.22. The summed E-state index contributed by atoms with van der Waals surface area (Å²) in [7, 11) is -4.22. The molecule has 5 N–H and O–H groups in total. The van der Waals surface area contributed by atoms with Gasteiger partial charge in [0.1, 0.15) is 18.3 Å². The number of aromatic amines is 1. The Hall–Kier alpha value is -1.82. The maximum atomic E-state index is 11.8. The minimum Gasteiger partial charge on any atom is -0.386 e. The molecule has 2 saturated heterocycles. The second-order valence-electron chi connectivity index (χ2n) is 5.17. The number of H-pyrrole nitrogens is 1. The van der Waals surface area contributed by atoms with Crippen molar-refractivity contribution in [2.45, 2.75) is 24.5 Å². The van der Waals surface area contributed by atoms with Crippen molar-refractivity contribution in [3.05, 3.63) is 16.7 Å². The Morgan fingerprint density at radius 3 is 3.09 bits per heavy atom. The molecule has 12 nitrogen and oxygen atoms in total. The third kappa shape index (κ3) is 2.27. The van der Waals surface area contributed by atoms with Crippen molar-refractivity contribution in [3.63, 3.8) is 0 Å². The summed E-state index contributed by atoms with van der Waals surface area (Å²) in [4.78, 5) is 31.3. The van der Waals surface area contributed by atoms with Gasteiger partial charge in [-0.15, -0.1) is 0 Å². The van der Waals surface area contributed by atoms with E-state index in [2.05, 4.69) is 19.5 Å². The van der Waals surface area contributed by atoms with Crippen molar-refractivity contribution in [2.75, 3.05) is 12.3 Å². The van der Waals surface area contributed by atoms with Crippen LogP contribution >= 0.6 is 7.82 Å². The lowest BCUT2D eigenvalue weighted by molar-refractivity contribution is -0.0664. The maximum Gasteiger partial charge on any atom is 0.472 e. The lowest BCUT2D eigenvalue weighted by atomic mass is 10.5. The number of nitrogen functional groups attached to an aromatic ring is 1. The van der Waals surface area contributed by atoms with Crippen LogP contribution < -0.4 is 11.3 Å². The van der Waals surface area contributed by atoms with Gasteiger partial charge in [-0.2, -0.15) is 4.98 Å².